The number of hydrogen-bond acceptors (Lipinski definition) is 4. The summed E-state index contributed by atoms with van der Waals surface area (Å²) in [4.78, 5) is 2.98. The lowest BCUT2D eigenvalue weighted by Crippen LogP contribution is -2.20. The average Bonchev–Trinajstić information content (AvgIpc) is 3.01. The number of benzene rings is 3. The van der Waals surface area contributed by atoms with Gasteiger partial charge in [0.15, 0.2) is 23.2 Å². The maximum atomic E-state index is 14.5. The van der Waals surface area contributed by atoms with Crippen LogP contribution < -0.4 is 14.4 Å². The molecular formula is C33H37F7O4. The molecule has 4 rings (SSSR count). The van der Waals surface area contributed by atoms with E-state index in [-0.39, 0.29) is 11.7 Å². The van der Waals surface area contributed by atoms with E-state index >= 15 is 0 Å². The van der Waals surface area contributed by atoms with Crippen molar-refractivity contribution in [2.24, 2.45) is 5.92 Å². The summed E-state index contributed by atoms with van der Waals surface area (Å²) in [6, 6.07) is 6.89. The van der Waals surface area contributed by atoms with Crippen molar-refractivity contribution in [3.63, 3.8) is 0 Å². The molecule has 0 bridgehead atoms. The fourth-order valence-electron chi connectivity index (χ4n) is 4.89. The van der Waals surface area contributed by atoms with Gasteiger partial charge in [0.1, 0.15) is 29.8 Å². The van der Waals surface area contributed by atoms with Gasteiger partial charge in [-0.3, -0.25) is 4.94 Å². The van der Waals surface area contributed by atoms with Gasteiger partial charge in [0.25, 0.3) is 0 Å². The zero-order chi connectivity index (χ0) is 32.2. The molecule has 0 N–H and O–H groups in total. The van der Waals surface area contributed by atoms with E-state index in [1.165, 1.54) is 0 Å². The van der Waals surface area contributed by atoms with Gasteiger partial charge >= 0.3 is 0 Å². The molecule has 1 unspecified atom stereocenters. The quantitative estimate of drug-likeness (QED) is 0.147. The molecule has 1 saturated heterocycles. The lowest BCUT2D eigenvalue weighted by atomic mass is 9.90. The predicted molar refractivity (Wildman–Crippen MR) is 153 cm³/mol. The van der Waals surface area contributed by atoms with Crippen molar-refractivity contribution in [3.8, 4) is 28.4 Å². The summed E-state index contributed by atoms with van der Waals surface area (Å²) < 4.78 is 108. The zero-order valence-corrected chi connectivity index (χ0v) is 25.0. The molecule has 0 spiro atoms. The maximum absolute atomic E-state index is 14.5. The number of alkyl halides is 1. The van der Waals surface area contributed by atoms with Crippen LogP contribution in [0.2, 0.25) is 0 Å². The van der Waals surface area contributed by atoms with Gasteiger partial charge in [0.05, 0.1) is 37.1 Å². The van der Waals surface area contributed by atoms with Crippen molar-refractivity contribution >= 4 is 0 Å². The molecule has 1 aliphatic rings. The van der Waals surface area contributed by atoms with Crippen LogP contribution in [0.15, 0.2) is 36.4 Å². The summed E-state index contributed by atoms with van der Waals surface area (Å²) in [7, 11) is 0. The SMILES string of the molecule is CCCOc1cc([C@H]2CCC(CCC)CO2)cc(OCCC)c1-c1cc(F)c(CF)c(F)c1.FOc1cc(F)c(F)c(F)c1. The molecule has 0 aromatic heterocycles. The van der Waals surface area contributed by atoms with Crippen LogP contribution in [0.25, 0.3) is 11.1 Å². The summed E-state index contributed by atoms with van der Waals surface area (Å²) in [6.07, 6.45) is 5.77. The molecule has 1 heterocycles. The molecule has 3 aromatic carbocycles. The highest BCUT2D eigenvalue weighted by Crippen LogP contribution is 2.44. The molecule has 1 aliphatic heterocycles. The van der Waals surface area contributed by atoms with Crippen LogP contribution in [0.1, 0.15) is 76.5 Å². The highest BCUT2D eigenvalue weighted by Gasteiger charge is 2.26. The minimum absolute atomic E-state index is 0.0810. The smallest absolute Gasteiger partial charge is 0.194 e. The Hall–Kier alpha value is -3.47. The molecule has 1 fully saturated rings. The standard InChI is InChI=1S/C27H35F3O3.C6H2F4O/c1-4-7-18-8-9-24(33-17-18)19-14-25(31-10-5-2)27(26(15-19)32-11-6-3)20-12-22(29)21(16-28)23(30)13-20;7-4-1-3(11-10)2-5(8)6(4)9/h12-15,18,24H,4-11,16-17H2,1-3H3;1-2H/t18?,24-;/m1./s1. The molecule has 2 atom stereocenters. The Labute approximate surface area is 253 Å². The highest BCUT2D eigenvalue weighted by atomic mass is 19.3. The molecule has 242 valence electrons. The van der Waals surface area contributed by atoms with E-state index in [4.69, 9.17) is 14.2 Å². The van der Waals surface area contributed by atoms with E-state index in [0.717, 1.165) is 62.8 Å². The van der Waals surface area contributed by atoms with Gasteiger partial charge in [-0.2, -0.15) is 0 Å². The fourth-order valence-corrected chi connectivity index (χ4v) is 4.89. The lowest BCUT2D eigenvalue weighted by molar-refractivity contribution is -0.0196. The van der Waals surface area contributed by atoms with E-state index in [9.17, 15) is 30.9 Å². The predicted octanol–water partition coefficient (Wildman–Crippen LogP) is 10.3. The van der Waals surface area contributed by atoms with Crippen LogP contribution in [0.3, 0.4) is 0 Å². The number of halogens is 7. The van der Waals surface area contributed by atoms with E-state index < -0.39 is 47.1 Å². The molecule has 0 saturated carbocycles. The second-order valence-corrected chi connectivity index (χ2v) is 10.5. The molecule has 3 aromatic rings. The van der Waals surface area contributed by atoms with E-state index in [1.807, 2.05) is 26.0 Å². The first-order valence-corrected chi connectivity index (χ1v) is 14.7. The van der Waals surface area contributed by atoms with Crippen molar-refractivity contribution in [1.82, 2.24) is 0 Å². The summed E-state index contributed by atoms with van der Waals surface area (Å²) in [5, 5.41) is 0. The van der Waals surface area contributed by atoms with Crippen LogP contribution in [0.5, 0.6) is 17.2 Å². The van der Waals surface area contributed by atoms with Gasteiger partial charge in [0, 0.05) is 16.7 Å². The first-order valence-electron chi connectivity index (χ1n) is 14.7. The Morgan fingerprint density at radius 2 is 1.32 bits per heavy atom. The van der Waals surface area contributed by atoms with Gasteiger partial charge < -0.3 is 14.2 Å². The Morgan fingerprint density at radius 3 is 1.75 bits per heavy atom. The highest BCUT2D eigenvalue weighted by molar-refractivity contribution is 5.78. The summed E-state index contributed by atoms with van der Waals surface area (Å²) in [5.41, 5.74) is 1.11. The van der Waals surface area contributed by atoms with Crippen LogP contribution in [0.4, 0.5) is 30.9 Å². The lowest BCUT2D eigenvalue weighted by Gasteiger charge is -2.30. The van der Waals surface area contributed by atoms with Crippen LogP contribution in [-0.2, 0) is 11.4 Å². The fraction of sp³-hybridized carbons (Fsp3) is 0.455. The van der Waals surface area contributed by atoms with E-state index in [0.29, 0.717) is 48.3 Å². The Balaban J connectivity index is 0.000000404. The van der Waals surface area contributed by atoms with Crippen molar-refractivity contribution in [3.05, 3.63) is 76.6 Å². The number of ether oxygens (including phenoxy) is 3. The van der Waals surface area contributed by atoms with Crippen LogP contribution >= 0.6 is 0 Å². The summed E-state index contributed by atoms with van der Waals surface area (Å²) in [6.45, 7) is 6.58. The summed E-state index contributed by atoms with van der Waals surface area (Å²) >= 11 is 0. The van der Waals surface area contributed by atoms with Gasteiger partial charge in [-0.15, -0.1) is 0 Å². The molecule has 4 nitrogen and oxygen atoms in total. The maximum Gasteiger partial charge on any atom is 0.194 e. The normalized spacial score (nSPS) is 16.2. The Morgan fingerprint density at radius 1 is 0.750 bits per heavy atom. The van der Waals surface area contributed by atoms with Crippen molar-refractivity contribution in [2.75, 3.05) is 19.8 Å². The van der Waals surface area contributed by atoms with Crippen molar-refractivity contribution < 1.29 is 50.0 Å². The number of hydrogen-bond donors (Lipinski definition) is 0. The molecule has 0 aliphatic carbocycles. The topological polar surface area (TPSA) is 36.9 Å². The second kappa shape index (κ2) is 17.1. The largest absolute Gasteiger partial charge is 0.493 e. The van der Waals surface area contributed by atoms with Gasteiger partial charge in [-0.05, 0) is 73.4 Å². The molecule has 0 radical (unpaired) electrons. The van der Waals surface area contributed by atoms with Crippen molar-refractivity contribution in [2.45, 2.75) is 72.1 Å². The first-order chi connectivity index (χ1) is 21.2. The van der Waals surface area contributed by atoms with Gasteiger partial charge in [0.2, 0.25) is 0 Å². The minimum atomic E-state index is -1.65. The van der Waals surface area contributed by atoms with Gasteiger partial charge in [-0.25, -0.2) is 26.3 Å². The monoisotopic (exact) mass is 630 g/mol. The van der Waals surface area contributed by atoms with Crippen LogP contribution in [0, 0.1) is 35.0 Å². The van der Waals surface area contributed by atoms with Crippen LogP contribution in [-0.4, -0.2) is 19.8 Å². The third-order valence-electron chi connectivity index (χ3n) is 7.06. The third kappa shape index (κ3) is 9.03. The number of rotatable bonds is 12. The Kier molecular flexibility index (Phi) is 13.6. The average molecular weight is 631 g/mol. The zero-order valence-electron chi connectivity index (χ0n) is 25.0. The molecular weight excluding hydrogens is 593 g/mol. The van der Waals surface area contributed by atoms with E-state index in [1.54, 1.807) is 0 Å². The van der Waals surface area contributed by atoms with Gasteiger partial charge in [-0.1, -0.05) is 27.2 Å². The first kappa shape index (κ1) is 35.0. The van der Waals surface area contributed by atoms with Crippen molar-refractivity contribution in [1.29, 1.82) is 0 Å². The summed E-state index contributed by atoms with van der Waals surface area (Å²) in [5.74, 6) is -5.60. The molecule has 44 heavy (non-hydrogen) atoms. The molecule has 11 heteroatoms. The minimum Gasteiger partial charge on any atom is -0.493 e. The van der Waals surface area contributed by atoms with E-state index in [2.05, 4.69) is 11.9 Å². The second-order valence-electron chi connectivity index (χ2n) is 10.5. The third-order valence-corrected chi connectivity index (χ3v) is 7.06. The Bertz CT molecular complexity index is 1280. The molecule has 0 amide bonds.